The molecule has 0 aliphatic rings. The van der Waals surface area contributed by atoms with E-state index in [9.17, 15) is 0 Å². The highest BCUT2D eigenvalue weighted by molar-refractivity contribution is 6.62. The van der Waals surface area contributed by atoms with E-state index in [-0.39, 0.29) is 17.7 Å². The zero-order valence-corrected chi connectivity index (χ0v) is 25.6. The Morgan fingerprint density at radius 3 is 1.65 bits per heavy atom. The van der Waals surface area contributed by atoms with Gasteiger partial charge in [0.2, 0.25) is 0 Å². The van der Waals surface area contributed by atoms with E-state index in [1.807, 2.05) is 34.6 Å². The van der Waals surface area contributed by atoms with Gasteiger partial charge in [-0.05, 0) is 73.8 Å². The van der Waals surface area contributed by atoms with Gasteiger partial charge in [-0.2, -0.15) is 0 Å². The molecule has 0 aromatic carbocycles. The maximum absolute atomic E-state index is 6.73. The average molecular weight is 523 g/mol. The molecule has 8 nitrogen and oxygen atoms in total. The maximum atomic E-state index is 6.73. The van der Waals surface area contributed by atoms with Crippen LogP contribution in [-0.4, -0.2) is 75.0 Å². The fraction of sp³-hybridized carbons (Fsp3) is 0.958. The molecule has 0 spiro atoms. The van der Waals surface area contributed by atoms with Crippen molar-refractivity contribution >= 4 is 23.3 Å². The predicted octanol–water partition coefficient (Wildman–Crippen LogP) is 5.07. The van der Waals surface area contributed by atoms with E-state index < -0.39 is 17.6 Å². The van der Waals surface area contributed by atoms with Crippen molar-refractivity contribution in [3.8, 4) is 0 Å². The van der Waals surface area contributed by atoms with Crippen molar-refractivity contribution in [1.82, 2.24) is 0 Å². The topological polar surface area (TPSA) is 93.8 Å². The lowest BCUT2D eigenvalue weighted by atomic mass is 10.1. The minimum atomic E-state index is -3.04. The fourth-order valence-electron chi connectivity index (χ4n) is 4.28. The van der Waals surface area contributed by atoms with Gasteiger partial charge in [0.25, 0.3) is 0 Å². The van der Waals surface area contributed by atoms with Gasteiger partial charge in [0.05, 0.1) is 17.7 Å². The van der Waals surface area contributed by atoms with E-state index in [0.717, 1.165) is 18.6 Å². The number of nitrogens with two attached hydrogens (primary N) is 1. The van der Waals surface area contributed by atoms with Gasteiger partial charge >= 0.3 is 17.6 Å². The van der Waals surface area contributed by atoms with Gasteiger partial charge in [0.1, 0.15) is 0 Å². The minimum absolute atomic E-state index is 0.117. The molecule has 3 atom stereocenters. The Morgan fingerprint density at radius 1 is 0.794 bits per heavy atom. The summed E-state index contributed by atoms with van der Waals surface area (Å²) in [6.45, 7) is 23.7. The van der Waals surface area contributed by atoms with Gasteiger partial charge < -0.3 is 32.3 Å². The summed E-state index contributed by atoms with van der Waals surface area (Å²) in [6, 6.07) is 0.441. The van der Waals surface area contributed by atoms with E-state index in [2.05, 4.69) is 34.6 Å². The monoisotopic (exact) mass is 522 g/mol. The van der Waals surface area contributed by atoms with Gasteiger partial charge in [0, 0.05) is 44.8 Å². The van der Waals surface area contributed by atoms with E-state index in [0.29, 0.717) is 51.5 Å². The molecule has 34 heavy (non-hydrogen) atoms. The van der Waals surface area contributed by atoms with E-state index in [4.69, 9.17) is 37.3 Å². The normalized spacial score (nSPS) is 16.2. The Kier molecular flexibility index (Phi) is 18.0. The molecule has 3 unspecified atom stereocenters. The van der Waals surface area contributed by atoms with E-state index in [1.54, 1.807) is 0 Å². The summed E-state index contributed by atoms with van der Waals surface area (Å²) in [5.41, 5.74) is 6.79. The number of nitrogens with zero attached hydrogens (tertiary/aromatic N) is 1. The van der Waals surface area contributed by atoms with Crippen molar-refractivity contribution in [3.05, 3.63) is 0 Å². The molecule has 10 heteroatoms. The molecule has 0 aromatic heterocycles. The minimum Gasteiger partial charge on any atom is -0.374 e. The van der Waals surface area contributed by atoms with Crippen LogP contribution in [0.1, 0.15) is 82.1 Å². The Labute approximate surface area is 212 Å². The smallest absolute Gasteiger partial charge is 0.374 e. The van der Waals surface area contributed by atoms with Crippen molar-refractivity contribution in [1.29, 1.82) is 0 Å². The molecule has 0 rings (SSSR count). The van der Waals surface area contributed by atoms with Crippen LogP contribution < -0.4 is 5.73 Å². The second-order valence-electron chi connectivity index (χ2n) is 8.91. The lowest BCUT2D eigenvalue weighted by Crippen LogP contribution is -2.56. The lowest BCUT2D eigenvalue weighted by molar-refractivity contribution is 0.0176. The Bertz CT molecular complexity index is 531. The third-order valence-electron chi connectivity index (χ3n) is 5.44. The average Bonchev–Trinajstić information content (AvgIpc) is 2.76. The van der Waals surface area contributed by atoms with Gasteiger partial charge in [-0.3, -0.25) is 4.99 Å². The zero-order valence-electron chi connectivity index (χ0n) is 23.6. The molecule has 0 aliphatic carbocycles. The summed E-state index contributed by atoms with van der Waals surface area (Å²) in [7, 11) is -5.98. The van der Waals surface area contributed by atoms with Gasteiger partial charge in [-0.25, -0.2) is 0 Å². The summed E-state index contributed by atoms with van der Waals surface area (Å²) in [5.74, 6) is 0.508. The molecular formula is C24H54N2O6Si2. The van der Waals surface area contributed by atoms with Gasteiger partial charge in [-0.15, -0.1) is 0 Å². The van der Waals surface area contributed by atoms with Gasteiger partial charge in [0.15, 0.2) is 0 Å². The predicted molar refractivity (Wildman–Crippen MR) is 144 cm³/mol. The summed E-state index contributed by atoms with van der Waals surface area (Å²) in [5, 5.41) is 0. The molecular weight excluding hydrogens is 468 g/mol. The van der Waals surface area contributed by atoms with Crippen LogP contribution in [0.5, 0.6) is 0 Å². The highest BCUT2D eigenvalue weighted by Crippen LogP contribution is 2.35. The van der Waals surface area contributed by atoms with Crippen molar-refractivity contribution in [2.45, 2.75) is 106 Å². The molecule has 0 aromatic rings. The van der Waals surface area contributed by atoms with Crippen LogP contribution in [0.15, 0.2) is 4.99 Å². The SMILES string of the molecule is CCO[Si](CCCN)(OCC)OC(C)C(N=C(C)CC(C)C)C(C)[Si](OCC)(OCC)OCC. The Hall–Kier alpha value is -0.176. The number of hydrogen-bond donors (Lipinski definition) is 1. The van der Waals surface area contributed by atoms with Crippen molar-refractivity contribution in [3.63, 3.8) is 0 Å². The molecule has 204 valence electrons. The second kappa shape index (κ2) is 18.1. The van der Waals surface area contributed by atoms with Crippen LogP contribution in [0, 0.1) is 5.92 Å². The molecule has 0 bridgehead atoms. The molecule has 0 aliphatic heterocycles. The zero-order chi connectivity index (χ0) is 26.2. The van der Waals surface area contributed by atoms with Crippen LogP contribution in [-0.2, 0) is 26.6 Å². The molecule has 2 N–H and O–H groups in total. The summed E-state index contributed by atoms with van der Waals surface area (Å²) >= 11 is 0. The summed E-state index contributed by atoms with van der Waals surface area (Å²) in [4.78, 5) is 5.19. The first-order valence-electron chi connectivity index (χ1n) is 13.2. The molecule has 0 heterocycles. The van der Waals surface area contributed by atoms with Crippen LogP contribution in [0.2, 0.25) is 11.6 Å². The lowest BCUT2D eigenvalue weighted by Gasteiger charge is -2.40. The first-order chi connectivity index (χ1) is 16.1. The highest BCUT2D eigenvalue weighted by atomic mass is 28.4. The van der Waals surface area contributed by atoms with E-state index in [1.165, 1.54) is 0 Å². The van der Waals surface area contributed by atoms with Crippen LogP contribution >= 0.6 is 0 Å². The van der Waals surface area contributed by atoms with Crippen LogP contribution in [0.4, 0.5) is 0 Å². The van der Waals surface area contributed by atoms with Gasteiger partial charge in [-0.1, -0.05) is 20.8 Å². The number of aliphatic imine (C=N–C) groups is 1. The van der Waals surface area contributed by atoms with Crippen LogP contribution in [0.3, 0.4) is 0 Å². The maximum Gasteiger partial charge on any atom is 0.506 e. The first-order valence-corrected chi connectivity index (χ1v) is 16.9. The second-order valence-corrected chi connectivity index (χ2v) is 14.6. The van der Waals surface area contributed by atoms with Crippen molar-refractivity contribution in [2.75, 3.05) is 39.6 Å². The quantitative estimate of drug-likeness (QED) is 0.166. The Balaban J connectivity index is 6.37. The molecule has 0 radical (unpaired) electrons. The third kappa shape index (κ3) is 11.3. The summed E-state index contributed by atoms with van der Waals surface area (Å²) < 4.78 is 37.9. The third-order valence-corrected chi connectivity index (χ3v) is 12.1. The Morgan fingerprint density at radius 2 is 1.26 bits per heavy atom. The van der Waals surface area contributed by atoms with Crippen molar-refractivity contribution in [2.24, 2.45) is 16.6 Å². The van der Waals surface area contributed by atoms with Crippen LogP contribution in [0.25, 0.3) is 0 Å². The number of hydrogen-bond acceptors (Lipinski definition) is 8. The summed E-state index contributed by atoms with van der Waals surface area (Å²) in [6.07, 6.45) is 1.41. The van der Waals surface area contributed by atoms with Crippen molar-refractivity contribution < 1.29 is 26.6 Å². The largest absolute Gasteiger partial charge is 0.506 e. The number of rotatable bonds is 21. The molecule has 0 amide bonds. The van der Waals surface area contributed by atoms with E-state index >= 15 is 0 Å². The molecule has 0 saturated heterocycles. The first kappa shape index (κ1) is 33.8. The molecule has 0 fully saturated rings. The highest BCUT2D eigenvalue weighted by Gasteiger charge is 2.53. The standard InChI is InChI=1S/C24H54N2O6Si2/c1-11-27-33(28-12-2,18-16-17-25)32-22(9)24(26-21(8)19-20(6)7)23(10)34(29-13-3,30-14-4)31-15-5/h20,22-24H,11-19,25H2,1-10H3. The fourth-order valence-corrected chi connectivity index (χ4v) is 10.1. The molecule has 0 saturated carbocycles.